The molecule has 0 atom stereocenters. The maximum absolute atomic E-state index is 4.58. The maximum atomic E-state index is 4.58. The number of nitrogens with zero attached hydrogens (tertiary/aromatic N) is 4. The molecule has 0 saturated heterocycles. The van der Waals surface area contributed by atoms with Crippen molar-refractivity contribution in [3.63, 3.8) is 0 Å². The minimum atomic E-state index is 0.122. The van der Waals surface area contributed by atoms with Crippen molar-refractivity contribution in [2.45, 2.75) is 59.8 Å². The average Bonchev–Trinajstić information content (AvgIpc) is 2.93. The van der Waals surface area contributed by atoms with Crippen LogP contribution in [0.25, 0.3) is 0 Å². The summed E-state index contributed by atoms with van der Waals surface area (Å²) in [5.41, 5.74) is 3.65. The van der Waals surface area contributed by atoms with Gasteiger partial charge in [-0.3, -0.25) is 9.36 Å². The van der Waals surface area contributed by atoms with Crippen molar-refractivity contribution in [3.8, 4) is 0 Å². The van der Waals surface area contributed by atoms with E-state index in [0.29, 0.717) is 0 Å². The van der Waals surface area contributed by atoms with Gasteiger partial charge >= 0.3 is 0 Å². The van der Waals surface area contributed by atoms with E-state index in [4.69, 9.17) is 0 Å². The molecule has 2 heterocycles. The molecule has 0 aromatic carbocycles. The van der Waals surface area contributed by atoms with Gasteiger partial charge in [0, 0.05) is 42.1 Å². The zero-order chi connectivity index (χ0) is 14.8. The zero-order valence-corrected chi connectivity index (χ0v) is 13.1. The Balaban J connectivity index is 2.03. The molecular formula is C15H25N5. The van der Waals surface area contributed by atoms with Crippen LogP contribution in [0.5, 0.6) is 0 Å². The molecule has 2 aromatic heterocycles. The second-order valence-corrected chi connectivity index (χ2v) is 6.25. The van der Waals surface area contributed by atoms with E-state index in [-0.39, 0.29) is 5.54 Å². The van der Waals surface area contributed by atoms with Gasteiger partial charge in [-0.05, 0) is 34.6 Å². The third-order valence-electron chi connectivity index (χ3n) is 3.21. The second-order valence-electron chi connectivity index (χ2n) is 6.25. The lowest BCUT2D eigenvalue weighted by Crippen LogP contribution is -2.35. The van der Waals surface area contributed by atoms with Crippen molar-refractivity contribution in [3.05, 3.63) is 35.4 Å². The highest BCUT2D eigenvalue weighted by molar-refractivity contribution is 5.16. The number of aryl methyl sites for hydroxylation is 2. The first-order valence-electron chi connectivity index (χ1n) is 7.16. The Morgan fingerprint density at radius 1 is 1.20 bits per heavy atom. The highest BCUT2D eigenvalue weighted by Gasteiger charge is 2.11. The number of nitrogens with one attached hydrogen (secondary N) is 1. The lowest BCUT2D eigenvalue weighted by Gasteiger charge is -2.20. The summed E-state index contributed by atoms with van der Waals surface area (Å²) in [6.07, 6.45) is 6.11. The molecule has 0 spiro atoms. The predicted octanol–water partition coefficient (Wildman–Crippen LogP) is 2.34. The normalized spacial score (nSPS) is 12.1. The summed E-state index contributed by atoms with van der Waals surface area (Å²) in [5.74, 6) is 0. The highest BCUT2D eigenvalue weighted by Crippen LogP contribution is 2.10. The number of aromatic nitrogens is 4. The summed E-state index contributed by atoms with van der Waals surface area (Å²) in [6, 6.07) is 0. The van der Waals surface area contributed by atoms with Gasteiger partial charge in [-0.1, -0.05) is 0 Å². The molecule has 0 aliphatic rings. The van der Waals surface area contributed by atoms with Crippen molar-refractivity contribution in [2.24, 2.45) is 0 Å². The molecule has 0 fully saturated rings. The van der Waals surface area contributed by atoms with Crippen molar-refractivity contribution in [2.75, 3.05) is 0 Å². The summed E-state index contributed by atoms with van der Waals surface area (Å²) in [6.45, 7) is 13.2. The summed E-state index contributed by atoms with van der Waals surface area (Å²) < 4.78 is 3.93. The molecule has 0 aliphatic heterocycles. The monoisotopic (exact) mass is 275 g/mol. The van der Waals surface area contributed by atoms with E-state index >= 15 is 0 Å². The highest BCUT2D eigenvalue weighted by atomic mass is 15.3. The lowest BCUT2D eigenvalue weighted by atomic mass is 10.1. The van der Waals surface area contributed by atoms with Gasteiger partial charge in [-0.15, -0.1) is 0 Å². The van der Waals surface area contributed by atoms with Crippen molar-refractivity contribution < 1.29 is 0 Å². The molecule has 0 amide bonds. The van der Waals surface area contributed by atoms with Crippen LogP contribution in [0.2, 0.25) is 0 Å². The van der Waals surface area contributed by atoms with E-state index in [2.05, 4.69) is 62.5 Å². The summed E-state index contributed by atoms with van der Waals surface area (Å²) in [4.78, 5) is 0. The van der Waals surface area contributed by atoms with Crippen LogP contribution in [0.3, 0.4) is 0 Å². The van der Waals surface area contributed by atoms with Gasteiger partial charge in [0.05, 0.1) is 18.4 Å². The van der Waals surface area contributed by atoms with Crippen LogP contribution in [0.4, 0.5) is 0 Å². The number of rotatable bonds is 5. The Kier molecular flexibility index (Phi) is 4.28. The molecule has 5 heteroatoms. The maximum Gasteiger partial charge on any atom is 0.0690 e. The molecule has 2 rings (SSSR count). The van der Waals surface area contributed by atoms with Gasteiger partial charge in [0.15, 0.2) is 0 Å². The molecule has 0 saturated carbocycles. The van der Waals surface area contributed by atoms with Crippen LogP contribution >= 0.6 is 0 Å². The van der Waals surface area contributed by atoms with E-state index in [1.807, 2.05) is 15.6 Å². The summed E-state index contributed by atoms with van der Waals surface area (Å²) in [7, 11) is 0. The van der Waals surface area contributed by atoms with E-state index in [9.17, 15) is 0 Å². The van der Waals surface area contributed by atoms with Crippen LogP contribution in [-0.4, -0.2) is 25.1 Å². The number of hydrogen-bond acceptors (Lipinski definition) is 3. The fraction of sp³-hybridized carbons (Fsp3) is 0.600. The quantitative estimate of drug-likeness (QED) is 0.911. The first-order chi connectivity index (χ1) is 9.37. The fourth-order valence-corrected chi connectivity index (χ4v) is 2.02. The van der Waals surface area contributed by atoms with Gasteiger partial charge in [0.2, 0.25) is 0 Å². The molecule has 0 aliphatic carbocycles. The Bertz CT molecular complexity index is 559. The number of hydrogen-bond donors (Lipinski definition) is 1. The smallest absolute Gasteiger partial charge is 0.0690 e. The van der Waals surface area contributed by atoms with Crippen LogP contribution in [0.15, 0.2) is 18.6 Å². The third kappa shape index (κ3) is 3.93. The van der Waals surface area contributed by atoms with Gasteiger partial charge in [0.1, 0.15) is 0 Å². The van der Waals surface area contributed by atoms with E-state index < -0.39 is 0 Å². The molecule has 110 valence electrons. The van der Waals surface area contributed by atoms with Crippen molar-refractivity contribution >= 4 is 0 Å². The van der Waals surface area contributed by atoms with Gasteiger partial charge in [-0.2, -0.15) is 10.2 Å². The molecular weight excluding hydrogens is 250 g/mol. The summed E-state index contributed by atoms with van der Waals surface area (Å²) in [5, 5.41) is 12.4. The third-order valence-corrected chi connectivity index (χ3v) is 3.21. The van der Waals surface area contributed by atoms with E-state index in [1.165, 1.54) is 11.1 Å². The van der Waals surface area contributed by atoms with Crippen LogP contribution in [0, 0.1) is 6.92 Å². The molecule has 1 N–H and O–H groups in total. The Labute approximate surface area is 121 Å². The molecule has 0 radical (unpaired) electrons. The first kappa shape index (κ1) is 14.8. The molecule has 0 unspecified atom stereocenters. The average molecular weight is 275 g/mol. The van der Waals surface area contributed by atoms with Gasteiger partial charge < -0.3 is 5.32 Å². The molecule has 20 heavy (non-hydrogen) atoms. The Morgan fingerprint density at radius 2 is 1.95 bits per heavy atom. The van der Waals surface area contributed by atoms with Crippen LogP contribution in [0.1, 0.15) is 44.5 Å². The Hall–Kier alpha value is -1.62. The first-order valence-corrected chi connectivity index (χ1v) is 7.16. The largest absolute Gasteiger partial charge is 0.308 e. The fourth-order valence-electron chi connectivity index (χ4n) is 2.02. The SMILES string of the molecule is CCn1cc(Cn2cc(CNC(C)(C)C)c(C)n2)cn1. The molecule has 5 nitrogen and oxygen atoms in total. The van der Waals surface area contributed by atoms with Crippen molar-refractivity contribution in [1.29, 1.82) is 0 Å². The standard InChI is InChI=1S/C15H25N5/c1-6-19-9-13(7-17-19)10-20-11-14(12(2)18-20)8-16-15(3,4)5/h7,9,11,16H,6,8,10H2,1-5H3. The molecule has 2 aromatic rings. The Morgan fingerprint density at radius 3 is 2.55 bits per heavy atom. The van der Waals surface area contributed by atoms with E-state index in [1.54, 1.807) is 0 Å². The lowest BCUT2D eigenvalue weighted by molar-refractivity contribution is 0.423. The summed E-state index contributed by atoms with van der Waals surface area (Å²) >= 11 is 0. The minimum absolute atomic E-state index is 0.122. The minimum Gasteiger partial charge on any atom is -0.308 e. The second kappa shape index (κ2) is 5.79. The van der Waals surface area contributed by atoms with Crippen molar-refractivity contribution in [1.82, 2.24) is 24.9 Å². The zero-order valence-electron chi connectivity index (χ0n) is 13.1. The predicted molar refractivity (Wildman–Crippen MR) is 80.6 cm³/mol. The van der Waals surface area contributed by atoms with Gasteiger partial charge in [-0.25, -0.2) is 0 Å². The molecule has 0 bridgehead atoms. The topological polar surface area (TPSA) is 47.7 Å². The van der Waals surface area contributed by atoms with Crippen LogP contribution < -0.4 is 5.32 Å². The van der Waals surface area contributed by atoms with E-state index in [0.717, 1.165) is 25.3 Å². The van der Waals surface area contributed by atoms with Gasteiger partial charge in [0.25, 0.3) is 0 Å². The van der Waals surface area contributed by atoms with Crippen LogP contribution in [-0.2, 0) is 19.6 Å².